The maximum atomic E-state index is 12.5. The van der Waals surface area contributed by atoms with Gasteiger partial charge in [0.05, 0.1) is 10.9 Å². The second kappa shape index (κ2) is 6.75. The number of amides is 1. The van der Waals surface area contributed by atoms with E-state index < -0.39 is 10.0 Å². The molecule has 0 heterocycles. The van der Waals surface area contributed by atoms with Crippen molar-refractivity contribution in [2.45, 2.75) is 30.2 Å². The molecule has 0 fully saturated rings. The summed E-state index contributed by atoms with van der Waals surface area (Å²) in [5.41, 5.74) is 2.91. The van der Waals surface area contributed by atoms with Crippen LogP contribution in [0.2, 0.25) is 0 Å². The average Bonchev–Trinajstić information content (AvgIpc) is 2.62. The summed E-state index contributed by atoms with van der Waals surface area (Å²) in [4.78, 5) is 12.6. The number of aryl methyl sites for hydroxylation is 1. The van der Waals surface area contributed by atoms with Crippen LogP contribution in [0, 0.1) is 0 Å². The number of fused-ring (bicyclic) bond motifs is 1. The Morgan fingerprint density at radius 2 is 1.79 bits per heavy atom. The van der Waals surface area contributed by atoms with Crippen LogP contribution in [0.15, 0.2) is 53.4 Å². The van der Waals surface area contributed by atoms with E-state index in [4.69, 9.17) is 0 Å². The average molecular weight is 344 g/mol. The van der Waals surface area contributed by atoms with Gasteiger partial charge in [-0.3, -0.25) is 4.79 Å². The van der Waals surface area contributed by atoms with Gasteiger partial charge in [0.2, 0.25) is 10.0 Å². The maximum absolute atomic E-state index is 12.5. The first-order valence-electron chi connectivity index (χ1n) is 7.93. The van der Waals surface area contributed by atoms with E-state index in [2.05, 4.69) is 22.2 Å². The lowest BCUT2D eigenvalue weighted by molar-refractivity contribution is 0.0932. The fraction of sp³-hybridized carbons (Fsp3) is 0.278. The van der Waals surface area contributed by atoms with E-state index in [-0.39, 0.29) is 16.8 Å². The Kier molecular flexibility index (Phi) is 4.69. The van der Waals surface area contributed by atoms with Crippen molar-refractivity contribution in [1.29, 1.82) is 0 Å². The minimum Gasteiger partial charge on any atom is -0.345 e. The third-order valence-electron chi connectivity index (χ3n) is 4.37. The smallest absolute Gasteiger partial charge is 0.251 e. The molecule has 3 rings (SSSR count). The van der Waals surface area contributed by atoms with Gasteiger partial charge < -0.3 is 5.32 Å². The van der Waals surface area contributed by atoms with Crippen LogP contribution in [0.1, 0.15) is 40.4 Å². The minimum absolute atomic E-state index is 0.00293. The quantitative estimate of drug-likeness (QED) is 0.894. The van der Waals surface area contributed by atoms with Crippen molar-refractivity contribution >= 4 is 15.9 Å². The largest absolute Gasteiger partial charge is 0.345 e. The number of hydrogen-bond acceptors (Lipinski definition) is 3. The molecule has 2 N–H and O–H groups in total. The Bertz CT molecular complexity index is 845. The minimum atomic E-state index is -3.49. The van der Waals surface area contributed by atoms with E-state index >= 15 is 0 Å². The molecule has 5 nitrogen and oxygen atoms in total. The summed E-state index contributed by atoms with van der Waals surface area (Å²) in [6, 6.07) is 14.1. The third-order valence-corrected chi connectivity index (χ3v) is 5.80. The molecule has 1 amide bonds. The Hall–Kier alpha value is -2.18. The molecule has 0 bridgehead atoms. The van der Waals surface area contributed by atoms with Crippen LogP contribution in [0.4, 0.5) is 0 Å². The van der Waals surface area contributed by atoms with Crippen molar-refractivity contribution < 1.29 is 13.2 Å². The molecule has 0 aromatic heterocycles. The van der Waals surface area contributed by atoms with Crippen LogP contribution >= 0.6 is 0 Å². The SMILES string of the molecule is CNS(=O)(=O)c1ccc(C(=O)NC2CCCc3ccccc32)cc1. The van der Waals surface area contributed by atoms with Gasteiger partial charge in [0.1, 0.15) is 0 Å². The van der Waals surface area contributed by atoms with E-state index in [1.165, 1.54) is 42.4 Å². The predicted molar refractivity (Wildman–Crippen MR) is 92.3 cm³/mol. The Morgan fingerprint density at radius 3 is 2.50 bits per heavy atom. The third kappa shape index (κ3) is 3.34. The second-order valence-electron chi connectivity index (χ2n) is 5.85. The fourth-order valence-corrected chi connectivity index (χ4v) is 3.78. The molecule has 1 aliphatic carbocycles. The first-order chi connectivity index (χ1) is 11.5. The maximum Gasteiger partial charge on any atom is 0.251 e. The Labute approximate surface area is 142 Å². The highest BCUT2D eigenvalue weighted by molar-refractivity contribution is 7.89. The van der Waals surface area contributed by atoms with Crippen molar-refractivity contribution in [3.8, 4) is 0 Å². The van der Waals surface area contributed by atoms with Gasteiger partial charge >= 0.3 is 0 Å². The summed E-state index contributed by atoms with van der Waals surface area (Å²) in [5, 5.41) is 3.06. The molecule has 24 heavy (non-hydrogen) atoms. The fourth-order valence-electron chi connectivity index (χ4n) is 3.05. The summed E-state index contributed by atoms with van der Waals surface area (Å²) in [5.74, 6) is -0.190. The second-order valence-corrected chi connectivity index (χ2v) is 7.74. The van der Waals surface area contributed by atoms with Crippen LogP contribution < -0.4 is 10.0 Å². The monoisotopic (exact) mass is 344 g/mol. The van der Waals surface area contributed by atoms with Gasteiger partial charge in [0, 0.05) is 5.56 Å². The number of benzene rings is 2. The molecule has 1 aliphatic rings. The first kappa shape index (κ1) is 16.7. The van der Waals surface area contributed by atoms with Crippen LogP contribution in [-0.2, 0) is 16.4 Å². The summed E-state index contributed by atoms with van der Waals surface area (Å²) in [7, 11) is -2.13. The summed E-state index contributed by atoms with van der Waals surface area (Å²) in [6.45, 7) is 0. The van der Waals surface area contributed by atoms with Crippen molar-refractivity contribution in [2.24, 2.45) is 0 Å². The first-order valence-corrected chi connectivity index (χ1v) is 9.42. The Morgan fingerprint density at radius 1 is 1.08 bits per heavy atom. The van der Waals surface area contributed by atoms with E-state index in [1.54, 1.807) is 0 Å². The van der Waals surface area contributed by atoms with Crippen molar-refractivity contribution in [3.63, 3.8) is 0 Å². The molecule has 1 atom stereocenters. The summed E-state index contributed by atoms with van der Waals surface area (Å²) in [6.07, 6.45) is 3.00. The number of rotatable bonds is 4. The molecule has 0 radical (unpaired) electrons. The molecular weight excluding hydrogens is 324 g/mol. The van der Waals surface area contributed by atoms with Gasteiger partial charge in [0.25, 0.3) is 5.91 Å². The van der Waals surface area contributed by atoms with E-state index in [0.29, 0.717) is 5.56 Å². The molecule has 2 aromatic rings. The van der Waals surface area contributed by atoms with Crippen LogP contribution in [0.25, 0.3) is 0 Å². The number of carbonyl (C=O) groups is 1. The van der Waals surface area contributed by atoms with E-state index in [9.17, 15) is 13.2 Å². The van der Waals surface area contributed by atoms with Gasteiger partial charge in [-0.1, -0.05) is 24.3 Å². The van der Waals surface area contributed by atoms with Crippen molar-refractivity contribution in [1.82, 2.24) is 10.0 Å². The zero-order valence-electron chi connectivity index (χ0n) is 13.5. The van der Waals surface area contributed by atoms with Crippen LogP contribution in [0.3, 0.4) is 0 Å². The standard InChI is InChI=1S/C18H20N2O3S/c1-19-24(22,23)15-11-9-14(10-12-15)18(21)20-17-8-4-6-13-5-2-3-7-16(13)17/h2-3,5,7,9-12,17,19H,4,6,8H2,1H3,(H,20,21). The van der Waals surface area contributed by atoms with Gasteiger partial charge in [-0.25, -0.2) is 13.1 Å². The highest BCUT2D eigenvalue weighted by atomic mass is 32.2. The lowest BCUT2D eigenvalue weighted by Gasteiger charge is -2.26. The molecule has 0 aliphatic heterocycles. The lowest BCUT2D eigenvalue weighted by Crippen LogP contribution is -2.31. The number of carbonyl (C=O) groups excluding carboxylic acids is 1. The van der Waals surface area contributed by atoms with Gasteiger partial charge in [-0.05, 0) is 61.7 Å². The predicted octanol–water partition coefficient (Wildman–Crippen LogP) is 2.40. The van der Waals surface area contributed by atoms with E-state index in [1.807, 2.05) is 12.1 Å². The highest BCUT2D eigenvalue weighted by Gasteiger charge is 2.22. The zero-order chi connectivity index (χ0) is 17.2. The summed E-state index contributed by atoms with van der Waals surface area (Å²) < 4.78 is 25.7. The van der Waals surface area contributed by atoms with Crippen LogP contribution in [-0.4, -0.2) is 21.4 Å². The summed E-state index contributed by atoms with van der Waals surface area (Å²) >= 11 is 0. The van der Waals surface area contributed by atoms with Gasteiger partial charge in [0.15, 0.2) is 0 Å². The molecule has 6 heteroatoms. The molecule has 1 unspecified atom stereocenters. The number of nitrogens with one attached hydrogen (secondary N) is 2. The van der Waals surface area contributed by atoms with Crippen molar-refractivity contribution in [3.05, 3.63) is 65.2 Å². The lowest BCUT2D eigenvalue weighted by atomic mass is 9.87. The molecule has 0 saturated heterocycles. The molecule has 2 aromatic carbocycles. The topological polar surface area (TPSA) is 75.3 Å². The molecule has 0 saturated carbocycles. The van der Waals surface area contributed by atoms with E-state index in [0.717, 1.165) is 19.3 Å². The van der Waals surface area contributed by atoms with Crippen molar-refractivity contribution in [2.75, 3.05) is 7.05 Å². The number of sulfonamides is 1. The number of hydrogen-bond donors (Lipinski definition) is 2. The van der Waals surface area contributed by atoms with Gasteiger partial charge in [-0.15, -0.1) is 0 Å². The van der Waals surface area contributed by atoms with Gasteiger partial charge in [-0.2, -0.15) is 0 Å². The zero-order valence-corrected chi connectivity index (χ0v) is 14.3. The molecule has 126 valence electrons. The van der Waals surface area contributed by atoms with Crippen LogP contribution in [0.5, 0.6) is 0 Å². The molecular formula is C18H20N2O3S. The molecule has 0 spiro atoms. The Balaban J connectivity index is 1.77. The normalized spacial score (nSPS) is 17.1. The highest BCUT2D eigenvalue weighted by Crippen LogP contribution is 2.29.